The molecule has 0 atom stereocenters. The molecule has 0 aromatic heterocycles. The molecule has 2 aromatic rings. The third-order valence-electron chi connectivity index (χ3n) is 3.89. The number of methoxy groups -OCH3 is 1. The molecule has 2 amide bonds. The van der Waals surface area contributed by atoms with Crippen molar-refractivity contribution in [2.24, 2.45) is 0 Å². The lowest BCUT2D eigenvalue weighted by molar-refractivity contribution is -0.137. The number of carbonyl (C=O) groups excluding carboxylic acids is 2. The second kappa shape index (κ2) is 8.71. The molecule has 0 saturated carbocycles. The van der Waals surface area contributed by atoms with E-state index in [0.29, 0.717) is 6.07 Å². The number of rotatable bonds is 6. The van der Waals surface area contributed by atoms with Crippen molar-refractivity contribution in [3.05, 3.63) is 47.5 Å². The maximum absolute atomic E-state index is 13.0. The van der Waals surface area contributed by atoms with Gasteiger partial charge in [0, 0.05) is 12.5 Å². The highest BCUT2D eigenvalue weighted by Gasteiger charge is 2.31. The molecule has 0 heterocycles. The van der Waals surface area contributed by atoms with Gasteiger partial charge in [-0.2, -0.15) is 13.2 Å². The third-order valence-corrected chi connectivity index (χ3v) is 5.33. The Morgan fingerprint density at radius 1 is 1.00 bits per heavy atom. The fourth-order valence-electron chi connectivity index (χ4n) is 2.46. The van der Waals surface area contributed by atoms with Gasteiger partial charge in [0.05, 0.1) is 24.0 Å². The van der Waals surface area contributed by atoms with Gasteiger partial charge in [0.1, 0.15) is 10.6 Å². The maximum atomic E-state index is 13.0. The molecule has 162 valence electrons. The van der Waals surface area contributed by atoms with E-state index in [4.69, 9.17) is 4.74 Å². The number of benzene rings is 2. The topological polar surface area (TPSA) is 114 Å². The molecule has 2 rings (SSSR count). The van der Waals surface area contributed by atoms with Crippen molar-refractivity contribution < 1.29 is 35.9 Å². The van der Waals surface area contributed by atoms with E-state index in [2.05, 4.69) is 15.4 Å². The van der Waals surface area contributed by atoms with Gasteiger partial charge < -0.3 is 15.4 Å². The number of ether oxygens (including phenoxy) is 1. The molecule has 0 radical (unpaired) electrons. The molecule has 8 nitrogen and oxygen atoms in total. The van der Waals surface area contributed by atoms with Crippen LogP contribution < -0.4 is 20.1 Å². The Balaban J connectivity index is 2.48. The van der Waals surface area contributed by atoms with Crippen molar-refractivity contribution >= 4 is 33.2 Å². The van der Waals surface area contributed by atoms with E-state index in [1.54, 1.807) is 0 Å². The second-order valence-electron chi connectivity index (χ2n) is 5.97. The van der Waals surface area contributed by atoms with Gasteiger partial charge in [0.2, 0.25) is 15.9 Å². The van der Waals surface area contributed by atoms with Crippen LogP contribution in [0.4, 0.5) is 24.5 Å². The quantitative estimate of drug-likeness (QED) is 0.633. The van der Waals surface area contributed by atoms with Crippen LogP contribution >= 0.6 is 0 Å². The lowest BCUT2D eigenvalue weighted by Crippen LogP contribution is -2.21. The molecule has 0 bridgehead atoms. The minimum Gasteiger partial charge on any atom is -0.495 e. The first kappa shape index (κ1) is 23.2. The molecule has 0 fully saturated rings. The van der Waals surface area contributed by atoms with Gasteiger partial charge in [-0.1, -0.05) is 0 Å². The Morgan fingerprint density at radius 3 is 2.20 bits per heavy atom. The minimum absolute atomic E-state index is 0.0288. The zero-order chi connectivity index (χ0) is 22.7. The van der Waals surface area contributed by atoms with Crippen molar-refractivity contribution in [3.63, 3.8) is 0 Å². The fraction of sp³-hybridized carbons (Fsp3) is 0.222. The number of anilines is 2. The molecule has 0 aliphatic rings. The number of sulfonamides is 1. The van der Waals surface area contributed by atoms with Gasteiger partial charge in [-0.15, -0.1) is 0 Å². The smallest absolute Gasteiger partial charge is 0.416 e. The van der Waals surface area contributed by atoms with Crippen LogP contribution in [0.25, 0.3) is 0 Å². The van der Waals surface area contributed by atoms with Crippen LogP contribution in [0.15, 0.2) is 41.3 Å². The predicted molar refractivity (Wildman–Crippen MR) is 103 cm³/mol. The highest BCUT2D eigenvalue weighted by molar-refractivity contribution is 7.89. The Bertz CT molecular complexity index is 1080. The average molecular weight is 445 g/mol. The first-order valence-corrected chi connectivity index (χ1v) is 9.79. The summed E-state index contributed by atoms with van der Waals surface area (Å²) < 4.78 is 70.5. The summed E-state index contributed by atoms with van der Waals surface area (Å²) in [5, 5.41) is 4.59. The number of halogens is 3. The van der Waals surface area contributed by atoms with Crippen molar-refractivity contribution in [2.75, 3.05) is 24.8 Å². The molecule has 2 aromatic carbocycles. The van der Waals surface area contributed by atoms with E-state index < -0.39 is 33.6 Å². The predicted octanol–water partition coefficient (Wildman–Crippen LogP) is 2.83. The van der Waals surface area contributed by atoms with Crippen molar-refractivity contribution in [1.82, 2.24) is 4.72 Å². The van der Waals surface area contributed by atoms with E-state index in [0.717, 1.165) is 25.1 Å². The van der Waals surface area contributed by atoms with Gasteiger partial charge in [-0.3, -0.25) is 9.59 Å². The van der Waals surface area contributed by atoms with Crippen LogP contribution in [0, 0.1) is 0 Å². The Labute approximate surface area is 170 Å². The summed E-state index contributed by atoms with van der Waals surface area (Å²) in [4.78, 5) is 23.6. The minimum atomic E-state index is -4.68. The summed E-state index contributed by atoms with van der Waals surface area (Å²) in [6.07, 6.45) is -4.68. The van der Waals surface area contributed by atoms with Crippen molar-refractivity contribution in [2.45, 2.75) is 18.0 Å². The SMILES string of the molecule is CNS(=O)(=O)c1cc(C(=O)Nc2cc(C(F)(F)F)ccc2NC(C)=O)ccc1OC. The van der Waals surface area contributed by atoms with Gasteiger partial charge in [-0.05, 0) is 43.4 Å². The van der Waals surface area contributed by atoms with Crippen molar-refractivity contribution in [3.8, 4) is 5.75 Å². The molecule has 0 saturated heterocycles. The Morgan fingerprint density at radius 2 is 1.67 bits per heavy atom. The molecule has 0 unspecified atom stereocenters. The van der Waals surface area contributed by atoms with Gasteiger partial charge in [0.15, 0.2) is 0 Å². The van der Waals surface area contributed by atoms with Crippen LogP contribution in [0.3, 0.4) is 0 Å². The van der Waals surface area contributed by atoms with E-state index in [9.17, 15) is 31.2 Å². The average Bonchev–Trinajstić information content (AvgIpc) is 2.67. The van der Waals surface area contributed by atoms with E-state index in [1.807, 2.05) is 0 Å². The van der Waals surface area contributed by atoms with Crippen LogP contribution in [-0.4, -0.2) is 34.4 Å². The number of alkyl halides is 3. The van der Waals surface area contributed by atoms with Crippen LogP contribution in [0.2, 0.25) is 0 Å². The second-order valence-corrected chi connectivity index (χ2v) is 7.82. The number of carbonyl (C=O) groups is 2. The highest BCUT2D eigenvalue weighted by atomic mass is 32.2. The molecule has 3 N–H and O–H groups in total. The third kappa shape index (κ3) is 5.27. The summed E-state index contributed by atoms with van der Waals surface area (Å²) in [5.41, 5.74) is -1.56. The van der Waals surface area contributed by atoms with Crippen LogP contribution in [0.5, 0.6) is 5.75 Å². The summed E-state index contributed by atoms with van der Waals surface area (Å²) in [6.45, 7) is 1.15. The molecule has 0 spiro atoms. The summed E-state index contributed by atoms with van der Waals surface area (Å²) in [7, 11) is -1.57. The zero-order valence-corrected chi connectivity index (χ0v) is 16.9. The summed E-state index contributed by atoms with van der Waals surface area (Å²) >= 11 is 0. The lowest BCUT2D eigenvalue weighted by atomic mass is 10.1. The van der Waals surface area contributed by atoms with E-state index in [1.165, 1.54) is 26.3 Å². The Kier molecular flexibility index (Phi) is 6.73. The maximum Gasteiger partial charge on any atom is 0.416 e. The molecule has 30 heavy (non-hydrogen) atoms. The summed E-state index contributed by atoms with van der Waals surface area (Å²) in [5.74, 6) is -1.48. The molecule has 12 heteroatoms. The van der Waals surface area contributed by atoms with E-state index in [-0.39, 0.29) is 27.6 Å². The highest BCUT2D eigenvalue weighted by Crippen LogP contribution is 2.34. The summed E-state index contributed by atoms with van der Waals surface area (Å²) in [6, 6.07) is 5.93. The monoisotopic (exact) mass is 445 g/mol. The van der Waals surface area contributed by atoms with Gasteiger partial charge in [0.25, 0.3) is 5.91 Å². The zero-order valence-electron chi connectivity index (χ0n) is 16.0. The van der Waals surface area contributed by atoms with Crippen LogP contribution in [-0.2, 0) is 21.0 Å². The largest absolute Gasteiger partial charge is 0.495 e. The number of nitrogens with one attached hydrogen (secondary N) is 3. The lowest BCUT2D eigenvalue weighted by Gasteiger charge is -2.15. The van der Waals surface area contributed by atoms with Crippen molar-refractivity contribution in [1.29, 1.82) is 0 Å². The molecule has 0 aliphatic carbocycles. The number of hydrogen-bond donors (Lipinski definition) is 3. The standard InChI is InChI=1S/C18H18F3N3O5S/c1-10(25)23-13-6-5-12(18(19,20)21)9-14(13)24-17(26)11-4-7-15(29-3)16(8-11)30(27,28)22-2/h4-9,22H,1-3H3,(H,23,25)(H,24,26). The molecule has 0 aliphatic heterocycles. The first-order valence-electron chi connectivity index (χ1n) is 8.31. The normalized spacial score (nSPS) is 11.7. The van der Waals surface area contributed by atoms with Crippen LogP contribution in [0.1, 0.15) is 22.8 Å². The fourth-order valence-corrected chi connectivity index (χ4v) is 3.37. The first-order chi connectivity index (χ1) is 13.9. The van der Waals surface area contributed by atoms with Gasteiger partial charge in [-0.25, -0.2) is 13.1 Å². The Hall–Kier alpha value is -3.12. The van der Waals surface area contributed by atoms with E-state index >= 15 is 0 Å². The molecular weight excluding hydrogens is 427 g/mol. The number of hydrogen-bond acceptors (Lipinski definition) is 5. The number of amides is 2. The van der Waals surface area contributed by atoms with Gasteiger partial charge >= 0.3 is 6.18 Å². The molecular formula is C18H18F3N3O5S.